The second-order valence-corrected chi connectivity index (χ2v) is 5.53. The van der Waals surface area contributed by atoms with E-state index in [2.05, 4.69) is 22.0 Å². The predicted octanol–water partition coefficient (Wildman–Crippen LogP) is 3.26. The lowest BCUT2D eigenvalue weighted by Gasteiger charge is -2.17. The number of aromatic nitrogens is 2. The Bertz CT molecular complexity index is 740. The van der Waals surface area contributed by atoms with Crippen molar-refractivity contribution in [2.45, 2.75) is 25.7 Å². The van der Waals surface area contributed by atoms with Crippen LogP contribution < -0.4 is 16.4 Å². The fourth-order valence-corrected chi connectivity index (χ4v) is 2.55. The second-order valence-electron chi connectivity index (χ2n) is 5.15. The Morgan fingerprint density at radius 3 is 2.68 bits per heavy atom. The fraction of sp³-hybridized carbons (Fsp3) is 0.250. The minimum Gasteiger partial charge on any atom is -0.305 e. The van der Waals surface area contributed by atoms with E-state index in [-0.39, 0.29) is 10.6 Å². The molecule has 22 heavy (non-hydrogen) atoms. The molecule has 0 bridgehead atoms. The molecule has 5 nitrogen and oxygen atoms in total. The van der Waals surface area contributed by atoms with Gasteiger partial charge in [0.05, 0.1) is 17.6 Å². The number of halogens is 1. The summed E-state index contributed by atoms with van der Waals surface area (Å²) in [6, 6.07) is 9.20. The number of rotatable bonds is 4. The quantitative estimate of drug-likeness (QED) is 0.850. The van der Waals surface area contributed by atoms with E-state index in [4.69, 9.17) is 11.6 Å². The third-order valence-electron chi connectivity index (χ3n) is 3.57. The van der Waals surface area contributed by atoms with Crippen LogP contribution in [0.3, 0.4) is 0 Å². The Morgan fingerprint density at radius 1 is 1.14 bits per heavy atom. The zero-order valence-electron chi connectivity index (χ0n) is 12.1. The van der Waals surface area contributed by atoms with Gasteiger partial charge in [-0.05, 0) is 37.8 Å². The molecule has 1 aliphatic rings. The highest BCUT2D eigenvalue weighted by molar-refractivity contribution is 6.32. The molecule has 0 aliphatic heterocycles. The van der Waals surface area contributed by atoms with Crippen LogP contribution in [-0.4, -0.2) is 9.78 Å². The smallest absolute Gasteiger partial charge is 0.292 e. The molecule has 0 atom stereocenters. The van der Waals surface area contributed by atoms with Gasteiger partial charge in [-0.3, -0.25) is 10.2 Å². The summed E-state index contributed by atoms with van der Waals surface area (Å²) in [5.41, 5.74) is 8.01. The monoisotopic (exact) mass is 316 g/mol. The van der Waals surface area contributed by atoms with Crippen molar-refractivity contribution in [3.05, 3.63) is 63.7 Å². The van der Waals surface area contributed by atoms with E-state index < -0.39 is 0 Å². The highest BCUT2D eigenvalue weighted by Crippen LogP contribution is 2.18. The molecular formula is C16H17ClN4O. The Kier molecular flexibility index (Phi) is 4.44. The van der Waals surface area contributed by atoms with Crippen molar-refractivity contribution in [3.8, 4) is 5.69 Å². The molecule has 0 fully saturated rings. The standard InChI is InChI=1S/C16H17ClN4O/c17-15-14(20-19-12-7-3-1-4-8-12)11-18-21(16(15)22)13-9-5-2-6-10-13/h2,5-7,9-11,19-20H,1,3-4,8H2. The van der Waals surface area contributed by atoms with Gasteiger partial charge in [0.1, 0.15) is 5.02 Å². The van der Waals surface area contributed by atoms with Crippen molar-refractivity contribution < 1.29 is 0 Å². The summed E-state index contributed by atoms with van der Waals surface area (Å²) < 4.78 is 1.29. The molecule has 114 valence electrons. The van der Waals surface area contributed by atoms with Gasteiger partial charge in [0, 0.05) is 5.70 Å². The fourth-order valence-electron chi connectivity index (χ4n) is 2.37. The molecule has 0 radical (unpaired) electrons. The molecule has 1 aliphatic carbocycles. The third-order valence-corrected chi connectivity index (χ3v) is 3.93. The first kappa shape index (κ1) is 14.7. The highest BCUT2D eigenvalue weighted by Gasteiger charge is 2.11. The van der Waals surface area contributed by atoms with Gasteiger partial charge in [-0.25, -0.2) is 0 Å². The van der Waals surface area contributed by atoms with Crippen LogP contribution in [0.4, 0.5) is 5.69 Å². The molecule has 0 saturated heterocycles. The van der Waals surface area contributed by atoms with E-state index in [0.717, 1.165) is 18.5 Å². The van der Waals surface area contributed by atoms with Crippen molar-refractivity contribution >= 4 is 17.3 Å². The zero-order valence-corrected chi connectivity index (χ0v) is 12.8. The minimum atomic E-state index is -0.350. The van der Waals surface area contributed by atoms with E-state index in [9.17, 15) is 4.79 Å². The van der Waals surface area contributed by atoms with Crippen LogP contribution in [0.5, 0.6) is 0 Å². The number of anilines is 1. The average molecular weight is 317 g/mol. The van der Waals surface area contributed by atoms with Crippen LogP contribution in [0.25, 0.3) is 5.69 Å². The van der Waals surface area contributed by atoms with Crippen LogP contribution in [0, 0.1) is 0 Å². The maximum atomic E-state index is 12.3. The Labute approximate surface area is 133 Å². The number of nitrogens with zero attached hydrogens (tertiary/aromatic N) is 2. The lowest BCUT2D eigenvalue weighted by molar-refractivity contribution is 0.664. The van der Waals surface area contributed by atoms with Crippen molar-refractivity contribution in [3.63, 3.8) is 0 Å². The first-order valence-electron chi connectivity index (χ1n) is 7.30. The van der Waals surface area contributed by atoms with Crippen LogP contribution in [0.1, 0.15) is 25.7 Å². The lowest BCUT2D eigenvalue weighted by Crippen LogP contribution is -2.27. The number of nitrogens with one attached hydrogen (secondary N) is 2. The zero-order chi connectivity index (χ0) is 15.4. The summed E-state index contributed by atoms with van der Waals surface area (Å²) in [4.78, 5) is 12.3. The summed E-state index contributed by atoms with van der Waals surface area (Å²) in [5.74, 6) is 0. The van der Waals surface area contributed by atoms with Crippen LogP contribution in [0.15, 0.2) is 53.1 Å². The van der Waals surface area contributed by atoms with Gasteiger partial charge in [-0.15, -0.1) is 0 Å². The summed E-state index contributed by atoms with van der Waals surface area (Å²) in [6.07, 6.45) is 8.17. The van der Waals surface area contributed by atoms with E-state index in [1.807, 2.05) is 30.3 Å². The molecule has 0 unspecified atom stereocenters. The van der Waals surface area contributed by atoms with Gasteiger partial charge < -0.3 is 5.43 Å². The van der Waals surface area contributed by atoms with Crippen LogP contribution >= 0.6 is 11.6 Å². The van der Waals surface area contributed by atoms with Crippen molar-refractivity contribution in [2.75, 3.05) is 5.43 Å². The molecule has 1 heterocycles. The second kappa shape index (κ2) is 6.66. The van der Waals surface area contributed by atoms with Gasteiger partial charge >= 0.3 is 0 Å². The molecule has 1 aromatic heterocycles. The molecule has 0 spiro atoms. The van der Waals surface area contributed by atoms with Crippen LogP contribution in [0.2, 0.25) is 5.02 Å². The molecular weight excluding hydrogens is 300 g/mol. The maximum absolute atomic E-state index is 12.3. The third kappa shape index (κ3) is 3.14. The minimum absolute atomic E-state index is 0.114. The van der Waals surface area contributed by atoms with E-state index in [1.165, 1.54) is 17.5 Å². The van der Waals surface area contributed by atoms with E-state index >= 15 is 0 Å². The van der Waals surface area contributed by atoms with Crippen LogP contribution in [-0.2, 0) is 0 Å². The lowest BCUT2D eigenvalue weighted by atomic mass is 10.1. The Morgan fingerprint density at radius 2 is 1.95 bits per heavy atom. The highest BCUT2D eigenvalue weighted by atomic mass is 35.5. The maximum Gasteiger partial charge on any atom is 0.292 e. The predicted molar refractivity (Wildman–Crippen MR) is 88.2 cm³/mol. The largest absolute Gasteiger partial charge is 0.305 e. The number of allylic oxidation sites excluding steroid dienone is 2. The number of hydrazine groups is 1. The van der Waals surface area contributed by atoms with Gasteiger partial charge in [-0.1, -0.05) is 35.9 Å². The molecule has 6 heteroatoms. The summed E-state index contributed by atoms with van der Waals surface area (Å²) in [7, 11) is 0. The molecule has 1 aromatic carbocycles. The van der Waals surface area contributed by atoms with Gasteiger partial charge in [0.25, 0.3) is 5.56 Å². The number of benzene rings is 1. The molecule has 0 amide bonds. The number of hydrogen-bond donors (Lipinski definition) is 2. The van der Waals surface area contributed by atoms with E-state index in [1.54, 1.807) is 6.20 Å². The molecule has 2 N–H and O–H groups in total. The Hall–Kier alpha value is -2.27. The SMILES string of the molecule is O=c1c(Cl)c(NNC2=CCCCC2)cnn1-c1ccccc1. The normalized spacial score (nSPS) is 14.3. The van der Waals surface area contributed by atoms with Crippen molar-refractivity contribution in [2.24, 2.45) is 0 Å². The Balaban J connectivity index is 1.81. The van der Waals surface area contributed by atoms with Crippen molar-refractivity contribution in [1.29, 1.82) is 0 Å². The summed E-state index contributed by atoms with van der Waals surface area (Å²) in [6.45, 7) is 0. The van der Waals surface area contributed by atoms with Gasteiger partial charge in [-0.2, -0.15) is 9.78 Å². The summed E-state index contributed by atoms with van der Waals surface area (Å²) in [5, 5.41) is 4.28. The molecule has 0 saturated carbocycles. The summed E-state index contributed by atoms with van der Waals surface area (Å²) >= 11 is 6.17. The van der Waals surface area contributed by atoms with Gasteiger partial charge in [0.15, 0.2) is 0 Å². The first-order valence-corrected chi connectivity index (χ1v) is 7.68. The molecule has 2 aromatic rings. The van der Waals surface area contributed by atoms with E-state index in [0.29, 0.717) is 11.4 Å². The average Bonchev–Trinajstić information content (AvgIpc) is 2.58. The number of para-hydroxylation sites is 1. The molecule has 3 rings (SSSR count). The van der Waals surface area contributed by atoms with Crippen molar-refractivity contribution in [1.82, 2.24) is 15.2 Å². The first-order chi connectivity index (χ1) is 10.8. The topological polar surface area (TPSA) is 59.0 Å². The number of hydrogen-bond acceptors (Lipinski definition) is 4. The van der Waals surface area contributed by atoms with Gasteiger partial charge in [0.2, 0.25) is 0 Å².